The Balaban J connectivity index is 1.98. The van der Waals surface area contributed by atoms with Crippen LogP contribution in [0.25, 0.3) is 0 Å². The second-order valence-electron chi connectivity index (χ2n) is 8.29. The van der Waals surface area contributed by atoms with Crippen molar-refractivity contribution in [3.8, 4) is 34.5 Å². The van der Waals surface area contributed by atoms with Crippen LogP contribution in [0.4, 0.5) is 0 Å². The van der Waals surface area contributed by atoms with Crippen LogP contribution in [0.1, 0.15) is 22.0 Å². The minimum Gasteiger partial charge on any atom is -0.467 e. The summed E-state index contributed by atoms with van der Waals surface area (Å²) < 4.78 is 70.2. The molecule has 1 heterocycles. The van der Waals surface area contributed by atoms with Gasteiger partial charge >= 0.3 is 0 Å². The summed E-state index contributed by atoms with van der Waals surface area (Å²) in [6.45, 7) is -0.484. The summed E-state index contributed by atoms with van der Waals surface area (Å²) in [5.41, 5.74) is 0.715. The molecule has 0 saturated carbocycles. The van der Waals surface area contributed by atoms with Crippen LogP contribution in [-0.2, 0) is 33.2 Å². The van der Waals surface area contributed by atoms with Crippen LogP contribution in [0, 0.1) is 0 Å². The van der Waals surface area contributed by atoms with E-state index in [0.29, 0.717) is 22.8 Å². The van der Waals surface area contributed by atoms with Gasteiger partial charge in [0.1, 0.15) is 28.9 Å². The molecule has 14 heteroatoms. The quantitative estimate of drug-likeness (QED) is 0.121. The molecule has 1 saturated heterocycles. The smallest absolute Gasteiger partial charge is 0.206 e. The molecule has 0 unspecified atom stereocenters. The van der Waals surface area contributed by atoms with Crippen molar-refractivity contribution in [3.05, 3.63) is 35.4 Å². The number of carbonyl (C=O) groups excluding carboxylic acids is 1. The predicted octanol–water partition coefficient (Wildman–Crippen LogP) is 2.91. The van der Waals surface area contributed by atoms with Crippen molar-refractivity contribution >= 4 is 5.78 Å². The topological polar surface area (TPSA) is 140 Å². The van der Waals surface area contributed by atoms with Crippen LogP contribution in [0.15, 0.2) is 24.3 Å². The molecule has 1 aliphatic rings. The third-order valence-corrected chi connectivity index (χ3v) is 5.40. The second-order valence-corrected chi connectivity index (χ2v) is 8.29. The van der Waals surface area contributed by atoms with Crippen molar-refractivity contribution in [2.24, 2.45) is 0 Å². The third kappa shape index (κ3) is 8.81. The number of ketones is 1. The molecule has 0 N–H and O–H groups in total. The molecular weight excluding hydrogens is 548 g/mol. The lowest BCUT2D eigenvalue weighted by molar-refractivity contribution is 0.0217. The molecule has 2 aromatic carbocycles. The fraction of sp³-hybridized carbons (Fsp3) is 0.519. The minimum atomic E-state index is -0.883. The lowest BCUT2D eigenvalue weighted by atomic mass is 10.00. The summed E-state index contributed by atoms with van der Waals surface area (Å²) in [6.07, 6.45) is -1.53. The molecule has 14 nitrogen and oxygen atoms in total. The van der Waals surface area contributed by atoms with Crippen molar-refractivity contribution in [2.75, 3.05) is 83.4 Å². The Morgan fingerprint density at radius 2 is 1.00 bits per heavy atom. The summed E-state index contributed by atoms with van der Waals surface area (Å²) in [6, 6.07) is 6.43. The molecule has 2 aromatic rings. The van der Waals surface area contributed by atoms with E-state index in [0.717, 1.165) is 0 Å². The monoisotopic (exact) mass is 584 g/mol. The summed E-state index contributed by atoms with van der Waals surface area (Å²) >= 11 is 0. The Bertz CT molecular complexity index is 1050. The molecule has 41 heavy (non-hydrogen) atoms. The van der Waals surface area contributed by atoms with Gasteiger partial charge in [0, 0.05) is 54.8 Å². The molecule has 1 aliphatic heterocycles. The molecule has 0 amide bonds. The molecule has 1 fully saturated rings. The number of epoxide rings is 1. The van der Waals surface area contributed by atoms with Gasteiger partial charge in [-0.25, -0.2) is 0 Å². The van der Waals surface area contributed by atoms with Gasteiger partial charge in [0.05, 0.1) is 0 Å². The number of ether oxygens (including phenoxy) is 13. The number of hydrogen-bond donors (Lipinski definition) is 0. The van der Waals surface area contributed by atoms with E-state index in [2.05, 4.69) is 0 Å². The van der Waals surface area contributed by atoms with E-state index < -0.39 is 18.0 Å². The molecule has 2 atom stereocenters. The zero-order valence-electron chi connectivity index (χ0n) is 23.9. The summed E-state index contributed by atoms with van der Waals surface area (Å²) in [5.74, 6) is 1.14. The summed E-state index contributed by atoms with van der Waals surface area (Å²) in [4.78, 5) is 13.8. The number of hydrogen-bond acceptors (Lipinski definition) is 14. The van der Waals surface area contributed by atoms with Gasteiger partial charge in [-0.15, -0.1) is 0 Å². The van der Waals surface area contributed by atoms with Crippen LogP contribution in [0.3, 0.4) is 0 Å². The van der Waals surface area contributed by atoms with Crippen LogP contribution >= 0.6 is 0 Å². The predicted molar refractivity (Wildman–Crippen MR) is 140 cm³/mol. The second kappa shape index (κ2) is 16.8. The van der Waals surface area contributed by atoms with E-state index in [1.54, 1.807) is 12.1 Å². The maximum atomic E-state index is 13.8. The van der Waals surface area contributed by atoms with Gasteiger partial charge in [0.15, 0.2) is 58.4 Å². The van der Waals surface area contributed by atoms with Gasteiger partial charge in [-0.3, -0.25) is 4.79 Å². The van der Waals surface area contributed by atoms with Crippen LogP contribution < -0.4 is 28.4 Å². The highest BCUT2D eigenvalue weighted by Gasteiger charge is 2.48. The molecule has 0 aliphatic carbocycles. The van der Waals surface area contributed by atoms with Gasteiger partial charge in [-0.2, -0.15) is 0 Å². The first-order chi connectivity index (χ1) is 20.0. The standard InChI is InChI=1S/C27H36O14/c1-29-11-35-18-9-19(36-12-30-2)23(20(10-18)37-13-31-3)24(28)27-25(41-27)17-7-21(38-14-32-4)26(40-16-34-6)22(8-17)39-15-33-5/h7-10,25,27H,11-16H2,1-6H3/t25-,27-/m0/s1. The average molecular weight is 585 g/mol. The van der Waals surface area contributed by atoms with E-state index in [9.17, 15) is 4.79 Å². The Morgan fingerprint density at radius 3 is 1.46 bits per heavy atom. The Hall–Kier alpha value is -3.37. The Labute approximate surface area is 238 Å². The average Bonchev–Trinajstić information content (AvgIpc) is 3.79. The highest BCUT2D eigenvalue weighted by molar-refractivity contribution is 6.06. The van der Waals surface area contributed by atoms with Gasteiger partial charge in [0.2, 0.25) is 11.5 Å². The fourth-order valence-electron chi connectivity index (χ4n) is 3.68. The summed E-state index contributed by atoms with van der Waals surface area (Å²) in [7, 11) is 8.86. The van der Waals surface area contributed by atoms with Gasteiger partial charge in [-0.05, 0) is 17.7 Å². The van der Waals surface area contributed by atoms with Gasteiger partial charge in [-0.1, -0.05) is 0 Å². The van der Waals surface area contributed by atoms with E-state index in [1.165, 1.54) is 54.8 Å². The van der Waals surface area contributed by atoms with Crippen molar-refractivity contribution in [1.82, 2.24) is 0 Å². The molecule has 228 valence electrons. The third-order valence-electron chi connectivity index (χ3n) is 5.40. The number of rotatable bonds is 21. The SMILES string of the molecule is COCOc1cc(OCOC)c(C(=O)[C@@H]2O[C@H]2c2cc(OCOC)c(OCOC)c(OCOC)c2)c(OCOC)c1. The highest BCUT2D eigenvalue weighted by Crippen LogP contribution is 2.49. The van der Waals surface area contributed by atoms with Crippen molar-refractivity contribution in [1.29, 1.82) is 0 Å². The molecule has 3 rings (SSSR count). The van der Waals surface area contributed by atoms with Crippen molar-refractivity contribution in [3.63, 3.8) is 0 Å². The van der Waals surface area contributed by atoms with Crippen molar-refractivity contribution in [2.45, 2.75) is 12.2 Å². The first-order valence-corrected chi connectivity index (χ1v) is 12.3. The molecule has 0 bridgehead atoms. The zero-order chi connectivity index (χ0) is 29.6. The first kappa shape index (κ1) is 32.1. The maximum Gasteiger partial charge on any atom is 0.206 e. The van der Waals surface area contributed by atoms with E-state index in [4.69, 9.17) is 61.6 Å². The van der Waals surface area contributed by atoms with E-state index in [-0.39, 0.29) is 63.6 Å². The normalized spacial score (nSPS) is 15.8. The largest absolute Gasteiger partial charge is 0.467 e. The molecule has 0 radical (unpaired) electrons. The maximum absolute atomic E-state index is 13.8. The lowest BCUT2D eigenvalue weighted by Gasteiger charge is -2.18. The Morgan fingerprint density at radius 1 is 0.585 bits per heavy atom. The zero-order valence-corrected chi connectivity index (χ0v) is 23.9. The van der Waals surface area contributed by atoms with Crippen LogP contribution in [0.2, 0.25) is 0 Å². The number of carbonyl (C=O) groups is 1. The summed E-state index contributed by atoms with van der Waals surface area (Å²) in [5, 5.41) is 0. The van der Waals surface area contributed by atoms with E-state index in [1.807, 2.05) is 0 Å². The lowest BCUT2D eigenvalue weighted by Crippen LogP contribution is -2.15. The van der Waals surface area contributed by atoms with Crippen molar-refractivity contribution < 1.29 is 66.4 Å². The fourth-order valence-corrected chi connectivity index (χ4v) is 3.68. The number of benzene rings is 2. The first-order valence-electron chi connectivity index (χ1n) is 12.3. The molecule has 0 aromatic heterocycles. The number of Topliss-reactive ketones (excluding diaryl/α,β-unsaturated/α-hetero) is 1. The Kier molecular flexibility index (Phi) is 13.2. The van der Waals surface area contributed by atoms with Crippen LogP contribution in [0.5, 0.6) is 34.5 Å². The number of methoxy groups -OCH3 is 6. The highest BCUT2D eigenvalue weighted by atomic mass is 16.7. The van der Waals surface area contributed by atoms with Gasteiger partial charge < -0.3 is 61.6 Å². The van der Waals surface area contributed by atoms with Gasteiger partial charge in [0.25, 0.3) is 0 Å². The van der Waals surface area contributed by atoms with Crippen LogP contribution in [-0.4, -0.2) is 95.3 Å². The molecule has 0 spiro atoms. The van der Waals surface area contributed by atoms with E-state index >= 15 is 0 Å². The minimum absolute atomic E-state index is 0.0282. The molecular formula is C27H36O14.